The molecule has 2 aliphatic rings. The van der Waals surface area contributed by atoms with E-state index in [0.29, 0.717) is 23.6 Å². The molecule has 4 heterocycles. The number of carbonyl (C=O) groups excluding carboxylic acids is 1. The van der Waals surface area contributed by atoms with Crippen LogP contribution in [0.5, 0.6) is 5.75 Å². The Kier molecular flexibility index (Phi) is 5.74. The average Bonchev–Trinajstić information content (AvgIpc) is 3.07. The summed E-state index contributed by atoms with van der Waals surface area (Å²) < 4.78 is 46.2. The van der Waals surface area contributed by atoms with Gasteiger partial charge in [-0.1, -0.05) is 12.1 Å². The van der Waals surface area contributed by atoms with Crippen molar-refractivity contribution in [3.8, 4) is 5.75 Å². The van der Waals surface area contributed by atoms with E-state index in [1.165, 1.54) is 17.0 Å². The van der Waals surface area contributed by atoms with Crippen LogP contribution in [-0.4, -0.2) is 45.1 Å². The predicted molar refractivity (Wildman–Crippen MR) is 130 cm³/mol. The molecule has 0 fully saturated rings. The minimum atomic E-state index is -4.53. The number of rotatable bonds is 3. The van der Waals surface area contributed by atoms with Crippen LogP contribution in [0.3, 0.4) is 0 Å². The van der Waals surface area contributed by atoms with Crippen molar-refractivity contribution in [3.05, 3.63) is 64.2 Å². The van der Waals surface area contributed by atoms with E-state index in [-0.39, 0.29) is 29.7 Å². The molecule has 2 aromatic heterocycles. The summed E-state index contributed by atoms with van der Waals surface area (Å²) in [7, 11) is 1.63. The van der Waals surface area contributed by atoms with Crippen molar-refractivity contribution < 1.29 is 27.8 Å². The van der Waals surface area contributed by atoms with E-state index >= 15 is 0 Å². The number of aromatic nitrogens is 3. The lowest BCUT2D eigenvalue weighted by molar-refractivity contribution is -0.141. The molecule has 0 bridgehead atoms. The molecule has 12 heteroatoms. The van der Waals surface area contributed by atoms with Gasteiger partial charge in [0.1, 0.15) is 35.5 Å². The number of ether oxygens (including phenoxy) is 1. The number of aliphatic imine (C=N–C) groups is 1. The number of fused-ring (bicyclic) bond motifs is 2. The molecule has 1 atom stereocenters. The minimum Gasteiger partial charge on any atom is -0.487 e. The Morgan fingerprint density at radius 1 is 1.19 bits per heavy atom. The van der Waals surface area contributed by atoms with Crippen LogP contribution < -0.4 is 15.0 Å². The Balaban J connectivity index is 1.42. The fraction of sp³-hybridized carbons (Fsp3) is 0.360. The second kappa shape index (κ2) is 8.58. The Bertz CT molecular complexity index is 1420. The van der Waals surface area contributed by atoms with E-state index < -0.39 is 23.6 Å². The average molecular weight is 515 g/mol. The molecular weight excluding hydrogens is 489 g/mol. The lowest BCUT2D eigenvalue weighted by Gasteiger charge is -2.25. The van der Waals surface area contributed by atoms with Gasteiger partial charge in [-0.25, -0.2) is 4.98 Å². The standard InChI is InChI=1S/C25H25F3N6O3/c1-13-11-14(22-29-12-16-15(31-22)6-8-18(30-16)25(26,27)28)5-7-17(13)34-9-10-37-20-19(23(34)35)33(4)32-21(20)24(2,3)36/h5-8,11-12,22,31,36H,9-10H2,1-4H3. The molecule has 9 nitrogen and oxygen atoms in total. The van der Waals surface area contributed by atoms with Crippen LogP contribution in [-0.2, 0) is 18.8 Å². The summed E-state index contributed by atoms with van der Waals surface area (Å²) in [6.07, 6.45) is -3.73. The molecule has 3 aromatic rings. The summed E-state index contributed by atoms with van der Waals surface area (Å²) in [5, 5.41) is 17.9. The second-order valence-corrected chi connectivity index (χ2v) is 9.51. The van der Waals surface area contributed by atoms with E-state index in [1.54, 1.807) is 31.9 Å². The highest BCUT2D eigenvalue weighted by atomic mass is 19.4. The maximum atomic E-state index is 13.6. The molecule has 2 N–H and O–H groups in total. The summed E-state index contributed by atoms with van der Waals surface area (Å²) in [5.74, 6) is -0.0263. The normalized spacial score (nSPS) is 17.6. The topological polar surface area (TPSA) is 105 Å². The summed E-state index contributed by atoms with van der Waals surface area (Å²) in [5.41, 5.74) is 1.09. The first-order valence-electron chi connectivity index (χ1n) is 11.6. The quantitative estimate of drug-likeness (QED) is 0.549. The number of hydrogen-bond acceptors (Lipinski definition) is 7. The minimum absolute atomic E-state index is 0.118. The van der Waals surface area contributed by atoms with Gasteiger partial charge >= 0.3 is 6.18 Å². The largest absolute Gasteiger partial charge is 0.487 e. The summed E-state index contributed by atoms with van der Waals surface area (Å²) >= 11 is 0. The van der Waals surface area contributed by atoms with Crippen molar-refractivity contribution in [2.75, 3.05) is 23.4 Å². The summed E-state index contributed by atoms with van der Waals surface area (Å²) in [6.45, 7) is 5.54. The van der Waals surface area contributed by atoms with Gasteiger partial charge in [0.25, 0.3) is 5.91 Å². The van der Waals surface area contributed by atoms with Crippen LogP contribution >= 0.6 is 0 Å². The molecule has 0 aliphatic carbocycles. The Labute approximate surface area is 210 Å². The van der Waals surface area contributed by atoms with Gasteiger partial charge < -0.3 is 20.1 Å². The van der Waals surface area contributed by atoms with Gasteiger partial charge in [-0.15, -0.1) is 0 Å². The third kappa shape index (κ3) is 4.41. The Morgan fingerprint density at radius 3 is 2.62 bits per heavy atom. The van der Waals surface area contributed by atoms with Gasteiger partial charge in [0.2, 0.25) is 0 Å². The fourth-order valence-electron chi connectivity index (χ4n) is 4.48. The van der Waals surface area contributed by atoms with Crippen molar-refractivity contribution in [2.45, 2.75) is 38.7 Å². The number of carbonyl (C=O) groups is 1. The highest BCUT2D eigenvalue weighted by Gasteiger charge is 2.37. The monoisotopic (exact) mass is 514 g/mol. The zero-order valence-electron chi connectivity index (χ0n) is 20.6. The van der Waals surface area contributed by atoms with E-state index in [1.807, 2.05) is 19.1 Å². The molecule has 2 aliphatic heterocycles. The van der Waals surface area contributed by atoms with Crippen molar-refractivity contribution >= 4 is 23.5 Å². The summed E-state index contributed by atoms with van der Waals surface area (Å²) in [4.78, 5) is 23.2. The van der Waals surface area contributed by atoms with Crippen LogP contribution in [0.1, 0.15) is 58.7 Å². The third-order valence-electron chi connectivity index (χ3n) is 6.27. The Hall–Kier alpha value is -3.93. The van der Waals surface area contributed by atoms with Crippen LogP contribution in [0.15, 0.2) is 35.3 Å². The fourth-order valence-corrected chi connectivity index (χ4v) is 4.48. The zero-order valence-corrected chi connectivity index (χ0v) is 20.6. The second-order valence-electron chi connectivity index (χ2n) is 9.51. The number of benzene rings is 1. The number of hydrogen-bond donors (Lipinski definition) is 2. The maximum Gasteiger partial charge on any atom is 0.433 e. The first kappa shape index (κ1) is 24.8. The number of alkyl halides is 3. The van der Waals surface area contributed by atoms with E-state index in [2.05, 4.69) is 20.4 Å². The van der Waals surface area contributed by atoms with E-state index in [4.69, 9.17) is 4.74 Å². The molecular formula is C25H25F3N6O3. The van der Waals surface area contributed by atoms with Crippen molar-refractivity contribution in [1.29, 1.82) is 0 Å². The Morgan fingerprint density at radius 2 is 1.95 bits per heavy atom. The molecule has 194 valence electrons. The molecule has 1 unspecified atom stereocenters. The number of aryl methyl sites for hydroxylation is 2. The van der Waals surface area contributed by atoms with Gasteiger partial charge in [-0.05, 0) is 50.1 Å². The van der Waals surface area contributed by atoms with Crippen LogP contribution in [0, 0.1) is 6.92 Å². The van der Waals surface area contributed by atoms with Gasteiger partial charge in [-0.2, -0.15) is 18.3 Å². The highest BCUT2D eigenvalue weighted by molar-refractivity contribution is 6.07. The SMILES string of the molecule is Cc1cc(C2N=Cc3nc(C(F)(F)F)ccc3N2)ccc1N1CCOc2c(C(C)(C)O)nn(C)c2C1=O. The molecule has 1 amide bonds. The lowest BCUT2D eigenvalue weighted by atomic mass is 10.0. The molecule has 0 saturated carbocycles. The zero-order chi connectivity index (χ0) is 26.7. The summed E-state index contributed by atoms with van der Waals surface area (Å²) in [6, 6.07) is 7.76. The smallest absolute Gasteiger partial charge is 0.433 e. The van der Waals surface area contributed by atoms with E-state index in [0.717, 1.165) is 17.2 Å². The van der Waals surface area contributed by atoms with Crippen LogP contribution in [0.2, 0.25) is 0 Å². The number of nitrogens with one attached hydrogen (secondary N) is 1. The van der Waals surface area contributed by atoms with Gasteiger partial charge in [0.15, 0.2) is 11.4 Å². The number of amides is 1. The van der Waals surface area contributed by atoms with Crippen LogP contribution in [0.25, 0.3) is 0 Å². The van der Waals surface area contributed by atoms with Crippen molar-refractivity contribution in [1.82, 2.24) is 14.8 Å². The third-order valence-corrected chi connectivity index (χ3v) is 6.27. The molecule has 5 rings (SSSR count). The number of aliphatic hydroxyl groups is 1. The first-order chi connectivity index (χ1) is 17.3. The molecule has 0 saturated heterocycles. The lowest BCUT2D eigenvalue weighted by Crippen LogP contribution is -2.34. The maximum absolute atomic E-state index is 13.6. The number of anilines is 2. The van der Waals surface area contributed by atoms with E-state index in [9.17, 15) is 23.1 Å². The first-order valence-corrected chi connectivity index (χ1v) is 11.6. The molecule has 37 heavy (non-hydrogen) atoms. The van der Waals surface area contributed by atoms with Crippen molar-refractivity contribution in [3.63, 3.8) is 0 Å². The van der Waals surface area contributed by atoms with Gasteiger partial charge in [0.05, 0.1) is 18.4 Å². The van der Waals surface area contributed by atoms with Crippen molar-refractivity contribution in [2.24, 2.45) is 12.0 Å². The number of nitrogens with zero attached hydrogens (tertiary/aromatic N) is 5. The predicted octanol–water partition coefficient (Wildman–Crippen LogP) is 3.95. The number of halogens is 3. The molecule has 0 radical (unpaired) electrons. The van der Waals surface area contributed by atoms with Gasteiger partial charge in [0, 0.05) is 12.7 Å². The van der Waals surface area contributed by atoms with Gasteiger partial charge in [-0.3, -0.25) is 14.5 Å². The van der Waals surface area contributed by atoms with Crippen LogP contribution in [0.4, 0.5) is 24.5 Å². The number of pyridine rings is 1. The highest BCUT2D eigenvalue weighted by Crippen LogP contribution is 2.37. The molecule has 0 spiro atoms. The molecule has 1 aromatic carbocycles.